The predicted molar refractivity (Wildman–Crippen MR) is 76.8 cm³/mol. The zero-order chi connectivity index (χ0) is 15.3. The van der Waals surface area contributed by atoms with Crippen LogP contribution in [0, 0.1) is 29.3 Å². The molecule has 0 saturated heterocycles. The fourth-order valence-corrected chi connectivity index (χ4v) is 1.78. The molecule has 0 heterocycles. The molecule has 1 rings (SSSR count). The molecule has 0 amide bonds. The van der Waals surface area contributed by atoms with Crippen LogP contribution in [0.5, 0.6) is 0 Å². The Morgan fingerprint density at radius 3 is 2.20 bits per heavy atom. The minimum absolute atomic E-state index is 0.0824. The van der Waals surface area contributed by atoms with Gasteiger partial charge in [-0.2, -0.15) is 0 Å². The highest BCUT2D eigenvalue weighted by Gasteiger charge is 2.10. The van der Waals surface area contributed by atoms with Crippen LogP contribution in [0.25, 0.3) is 6.08 Å². The molecule has 0 spiro atoms. The second-order valence-electron chi connectivity index (χ2n) is 5.69. The molecule has 1 aromatic carbocycles. The Morgan fingerprint density at radius 1 is 1.05 bits per heavy atom. The summed E-state index contributed by atoms with van der Waals surface area (Å²) in [5.41, 5.74) is 1.04. The summed E-state index contributed by atoms with van der Waals surface area (Å²) >= 11 is 0. The summed E-state index contributed by atoms with van der Waals surface area (Å²) in [6, 6.07) is 1.48. The van der Waals surface area contributed by atoms with Crippen molar-refractivity contribution in [3.63, 3.8) is 0 Å². The highest BCUT2D eigenvalue weighted by atomic mass is 19.2. The van der Waals surface area contributed by atoms with Crippen molar-refractivity contribution >= 4 is 6.08 Å². The lowest BCUT2D eigenvalue weighted by Gasteiger charge is -2.14. The van der Waals surface area contributed by atoms with Crippen LogP contribution in [0.15, 0.2) is 17.7 Å². The average Bonchev–Trinajstić information content (AvgIpc) is 2.33. The molecule has 0 unspecified atom stereocenters. The second-order valence-corrected chi connectivity index (χ2v) is 5.69. The largest absolute Gasteiger partial charge is 0.313 e. The van der Waals surface area contributed by atoms with Gasteiger partial charge in [-0.25, -0.2) is 13.2 Å². The second kappa shape index (κ2) is 7.48. The highest BCUT2D eigenvalue weighted by molar-refractivity contribution is 5.54. The monoisotopic (exact) mass is 285 g/mol. The van der Waals surface area contributed by atoms with Crippen molar-refractivity contribution in [2.24, 2.45) is 11.8 Å². The van der Waals surface area contributed by atoms with Gasteiger partial charge in [-0.3, -0.25) is 0 Å². The van der Waals surface area contributed by atoms with Crippen molar-refractivity contribution in [1.29, 1.82) is 0 Å². The lowest BCUT2D eigenvalue weighted by molar-refractivity contribution is 0.494. The Labute approximate surface area is 118 Å². The lowest BCUT2D eigenvalue weighted by atomic mass is 9.99. The summed E-state index contributed by atoms with van der Waals surface area (Å²) in [6.07, 6.45) is 1.59. The van der Waals surface area contributed by atoms with Gasteiger partial charge < -0.3 is 5.32 Å². The molecule has 0 aliphatic rings. The van der Waals surface area contributed by atoms with Crippen molar-refractivity contribution in [3.8, 4) is 0 Å². The Morgan fingerprint density at radius 2 is 1.65 bits per heavy atom. The van der Waals surface area contributed by atoms with E-state index in [1.807, 2.05) is 13.8 Å². The Kier molecular flexibility index (Phi) is 6.27. The van der Waals surface area contributed by atoms with E-state index in [9.17, 15) is 13.2 Å². The smallest absolute Gasteiger partial charge is 0.161 e. The van der Waals surface area contributed by atoms with Crippen molar-refractivity contribution in [1.82, 2.24) is 5.32 Å². The lowest BCUT2D eigenvalue weighted by Crippen LogP contribution is -2.23. The van der Waals surface area contributed by atoms with Gasteiger partial charge in [0.15, 0.2) is 11.6 Å². The standard InChI is InChI=1S/C16H22F3N/c1-10(2)8-20-9-13(11(3)4)5-12-6-15(18)16(19)7-14(12)17/h5-7,10-11,20H,8-9H2,1-4H3/b13-5-. The molecule has 0 aliphatic heterocycles. The number of benzene rings is 1. The Balaban J connectivity index is 2.93. The van der Waals surface area contributed by atoms with Crippen LogP contribution < -0.4 is 5.32 Å². The van der Waals surface area contributed by atoms with Crippen molar-refractivity contribution in [2.45, 2.75) is 27.7 Å². The van der Waals surface area contributed by atoms with Crippen LogP contribution in [-0.2, 0) is 0 Å². The van der Waals surface area contributed by atoms with Crippen molar-refractivity contribution in [3.05, 3.63) is 40.7 Å². The molecule has 1 nitrogen and oxygen atoms in total. The molecule has 4 heteroatoms. The van der Waals surface area contributed by atoms with Gasteiger partial charge in [-0.1, -0.05) is 39.3 Å². The highest BCUT2D eigenvalue weighted by Crippen LogP contribution is 2.19. The van der Waals surface area contributed by atoms with Crippen molar-refractivity contribution < 1.29 is 13.2 Å². The first kappa shape index (κ1) is 16.8. The number of hydrogen-bond acceptors (Lipinski definition) is 1. The number of nitrogens with one attached hydrogen (secondary N) is 1. The van der Waals surface area contributed by atoms with E-state index in [2.05, 4.69) is 19.2 Å². The summed E-state index contributed by atoms with van der Waals surface area (Å²) in [6.45, 7) is 9.63. The SMILES string of the molecule is CC(C)CNC/C(=C/c1cc(F)c(F)cc1F)C(C)C. The maximum absolute atomic E-state index is 13.6. The van der Waals surface area contributed by atoms with Crippen LogP contribution in [0.3, 0.4) is 0 Å². The minimum Gasteiger partial charge on any atom is -0.313 e. The van der Waals surface area contributed by atoms with Gasteiger partial charge in [0.2, 0.25) is 0 Å². The quantitative estimate of drug-likeness (QED) is 0.764. The third-order valence-electron chi connectivity index (χ3n) is 3.00. The van der Waals surface area contributed by atoms with E-state index in [-0.39, 0.29) is 11.5 Å². The molecule has 0 aromatic heterocycles. The van der Waals surface area contributed by atoms with E-state index in [4.69, 9.17) is 0 Å². The van der Waals surface area contributed by atoms with E-state index in [0.29, 0.717) is 18.5 Å². The first-order valence-corrected chi connectivity index (χ1v) is 6.87. The van der Waals surface area contributed by atoms with E-state index < -0.39 is 17.5 Å². The van der Waals surface area contributed by atoms with Gasteiger partial charge in [-0.05, 0) is 24.4 Å². The molecular formula is C16H22F3N. The van der Waals surface area contributed by atoms with E-state index in [0.717, 1.165) is 18.2 Å². The summed E-state index contributed by atoms with van der Waals surface area (Å²) in [7, 11) is 0. The van der Waals surface area contributed by atoms with Crippen molar-refractivity contribution in [2.75, 3.05) is 13.1 Å². The zero-order valence-electron chi connectivity index (χ0n) is 12.4. The van der Waals surface area contributed by atoms with Gasteiger partial charge in [0.05, 0.1) is 0 Å². The van der Waals surface area contributed by atoms with E-state index >= 15 is 0 Å². The van der Waals surface area contributed by atoms with Gasteiger partial charge in [0.1, 0.15) is 5.82 Å². The zero-order valence-corrected chi connectivity index (χ0v) is 12.4. The van der Waals surface area contributed by atoms with Gasteiger partial charge in [-0.15, -0.1) is 0 Å². The van der Waals surface area contributed by atoms with Crippen LogP contribution in [-0.4, -0.2) is 13.1 Å². The number of rotatable bonds is 6. The first-order valence-electron chi connectivity index (χ1n) is 6.87. The summed E-state index contributed by atoms with van der Waals surface area (Å²) in [5.74, 6) is -2.23. The van der Waals surface area contributed by atoms with Gasteiger partial charge in [0, 0.05) is 18.2 Å². The maximum Gasteiger partial charge on any atom is 0.161 e. The Hall–Kier alpha value is -1.29. The molecule has 0 radical (unpaired) electrons. The summed E-state index contributed by atoms with van der Waals surface area (Å²) in [5, 5.41) is 3.27. The molecule has 0 atom stereocenters. The normalized spacial score (nSPS) is 12.6. The topological polar surface area (TPSA) is 12.0 Å². The number of hydrogen-bond donors (Lipinski definition) is 1. The molecule has 0 aliphatic carbocycles. The van der Waals surface area contributed by atoms with E-state index in [1.165, 1.54) is 0 Å². The molecule has 0 bridgehead atoms. The van der Waals surface area contributed by atoms with Crippen LogP contribution in [0.2, 0.25) is 0 Å². The minimum atomic E-state index is -1.16. The summed E-state index contributed by atoms with van der Waals surface area (Å²) in [4.78, 5) is 0. The molecule has 20 heavy (non-hydrogen) atoms. The predicted octanol–water partition coefficient (Wildman–Crippen LogP) is 4.39. The molecule has 1 aromatic rings. The molecule has 1 N–H and O–H groups in total. The maximum atomic E-state index is 13.6. The van der Waals surface area contributed by atoms with Crippen LogP contribution in [0.1, 0.15) is 33.3 Å². The van der Waals surface area contributed by atoms with Crippen LogP contribution in [0.4, 0.5) is 13.2 Å². The Bertz CT molecular complexity index is 479. The molecule has 112 valence electrons. The third kappa shape index (κ3) is 5.00. The van der Waals surface area contributed by atoms with Crippen LogP contribution >= 0.6 is 0 Å². The third-order valence-corrected chi connectivity index (χ3v) is 3.00. The molecule has 0 saturated carbocycles. The average molecular weight is 285 g/mol. The van der Waals surface area contributed by atoms with Gasteiger partial charge >= 0.3 is 0 Å². The van der Waals surface area contributed by atoms with Gasteiger partial charge in [0.25, 0.3) is 0 Å². The molecular weight excluding hydrogens is 263 g/mol. The fourth-order valence-electron chi connectivity index (χ4n) is 1.78. The fraction of sp³-hybridized carbons (Fsp3) is 0.500. The number of halogens is 3. The first-order chi connectivity index (χ1) is 9.31. The van der Waals surface area contributed by atoms with E-state index in [1.54, 1.807) is 6.08 Å². The summed E-state index contributed by atoms with van der Waals surface area (Å²) < 4.78 is 39.7. The molecule has 0 fully saturated rings.